The molecule has 7 heteroatoms. The average Bonchev–Trinajstić information content (AvgIpc) is 2.72. The Kier molecular flexibility index (Phi) is 6.19. The SMILES string of the molecule is COc1cc(C=Nc2ccc(F)cc2F)ccc1OCc1cccc(C(=O)O)c1. The molecular formula is C22H17F2NO4. The molecule has 1 N–H and O–H groups in total. The predicted octanol–water partition coefficient (Wildman–Crippen LogP) is 5.00. The number of hydrogen-bond donors (Lipinski definition) is 1. The summed E-state index contributed by atoms with van der Waals surface area (Å²) in [7, 11) is 1.48. The molecule has 3 aromatic rings. The van der Waals surface area contributed by atoms with Crippen LogP contribution in [0.2, 0.25) is 0 Å². The number of aromatic carboxylic acids is 1. The molecule has 0 saturated heterocycles. The highest BCUT2D eigenvalue weighted by Crippen LogP contribution is 2.29. The number of hydrogen-bond acceptors (Lipinski definition) is 4. The molecule has 0 amide bonds. The van der Waals surface area contributed by atoms with E-state index in [-0.39, 0.29) is 17.9 Å². The molecule has 0 aliphatic rings. The topological polar surface area (TPSA) is 68.1 Å². The van der Waals surface area contributed by atoms with Crippen molar-refractivity contribution in [1.29, 1.82) is 0 Å². The summed E-state index contributed by atoms with van der Waals surface area (Å²) >= 11 is 0. The summed E-state index contributed by atoms with van der Waals surface area (Å²) in [5, 5.41) is 9.06. The Balaban J connectivity index is 1.74. The summed E-state index contributed by atoms with van der Waals surface area (Å²) in [4.78, 5) is 15.1. The fourth-order valence-electron chi connectivity index (χ4n) is 2.57. The van der Waals surface area contributed by atoms with Crippen LogP contribution in [-0.2, 0) is 6.61 Å². The van der Waals surface area contributed by atoms with Gasteiger partial charge >= 0.3 is 5.97 Å². The second-order valence-corrected chi connectivity index (χ2v) is 6.06. The van der Waals surface area contributed by atoms with Gasteiger partial charge in [-0.3, -0.25) is 4.99 Å². The quantitative estimate of drug-likeness (QED) is 0.570. The Morgan fingerprint density at radius 2 is 1.90 bits per heavy atom. The van der Waals surface area contributed by atoms with Gasteiger partial charge in [0.05, 0.1) is 18.4 Å². The van der Waals surface area contributed by atoms with Crippen LogP contribution < -0.4 is 9.47 Å². The molecule has 0 fully saturated rings. The minimum Gasteiger partial charge on any atom is -0.493 e. The normalized spacial score (nSPS) is 10.9. The number of carbonyl (C=O) groups is 1. The Labute approximate surface area is 165 Å². The smallest absolute Gasteiger partial charge is 0.335 e. The third-order valence-electron chi connectivity index (χ3n) is 4.02. The standard InChI is InChI=1S/C22H17F2NO4/c1-28-21-10-14(12-25-19-7-6-17(23)11-18(19)24)5-8-20(21)29-13-15-3-2-4-16(9-15)22(26)27/h2-12H,13H2,1H3,(H,26,27). The summed E-state index contributed by atoms with van der Waals surface area (Å²) in [6.45, 7) is 0.158. The second-order valence-electron chi connectivity index (χ2n) is 6.06. The van der Waals surface area contributed by atoms with E-state index in [2.05, 4.69) is 4.99 Å². The fraction of sp³-hybridized carbons (Fsp3) is 0.0909. The molecule has 0 spiro atoms. The van der Waals surface area contributed by atoms with Gasteiger partial charge in [-0.2, -0.15) is 0 Å². The van der Waals surface area contributed by atoms with Crippen molar-refractivity contribution in [3.63, 3.8) is 0 Å². The lowest BCUT2D eigenvalue weighted by Crippen LogP contribution is -2.01. The third kappa shape index (κ3) is 5.16. The third-order valence-corrected chi connectivity index (χ3v) is 4.02. The van der Waals surface area contributed by atoms with E-state index in [4.69, 9.17) is 14.6 Å². The summed E-state index contributed by atoms with van der Waals surface area (Å²) in [6, 6.07) is 14.6. The zero-order valence-electron chi connectivity index (χ0n) is 15.4. The van der Waals surface area contributed by atoms with E-state index in [0.717, 1.165) is 12.1 Å². The Hall–Kier alpha value is -3.74. The lowest BCUT2D eigenvalue weighted by atomic mass is 10.1. The van der Waals surface area contributed by atoms with E-state index >= 15 is 0 Å². The maximum Gasteiger partial charge on any atom is 0.335 e. The molecule has 3 rings (SSSR count). The molecule has 0 aliphatic heterocycles. The molecule has 0 aromatic heterocycles. The number of carboxylic acids is 1. The van der Waals surface area contributed by atoms with Crippen molar-refractivity contribution in [3.8, 4) is 11.5 Å². The van der Waals surface area contributed by atoms with E-state index in [1.807, 2.05) is 0 Å². The Morgan fingerprint density at radius 3 is 2.62 bits per heavy atom. The maximum absolute atomic E-state index is 13.7. The molecule has 0 bridgehead atoms. The minimum absolute atomic E-state index is 0.0176. The van der Waals surface area contributed by atoms with Gasteiger partial charge in [0.15, 0.2) is 17.3 Å². The maximum atomic E-state index is 13.7. The van der Waals surface area contributed by atoms with E-state index in [1.165, 1.54) is 31.5 Å². The summed E-state index contributed by atoms with van der Waals surface area (Å²) < 4.78 is 37.7. The molecule has 0 saturated carbocycles. The van der Waals surface area contributed by atoms with Crippen LogP contribution in [0.25, 0.3) is 0 Å². The van der Waals surface area contributed by atoms with Crippen LogP contribution in [0, 0.1) is 11.6 Å². The van der Waals surface area contributed by atoms with Gasteiger partial charge < -0.3 is 14.6 Å². The highest BCUT2D eigenvalue weighted by atomic mass is 19.1. The first kappa shape index (κ1) is 20.0. The summed E-state index contributed by atoms with van der Waals surface area (Å²) in [6.07, 6.45) is 1.43. The Morgan fingerprint density at radius 1 is 1.07 bits per heavy atom. The van der Waals surface area contributed by atoms with Crippen molar-refractivity contribution >= 4 is 17.9 Å². The van der Waals surface area contributed by atoms with Crippen molar-refractivity contribution in [2.45, 2.75) is 6.61 Å². The molecule has 0 radical (unpaired) electrons. The number of carboxylic acid groups (broad SMARTS) is 1. The molecule has 0 heterocycles. The molecule has 148 valence electrons. The molecule has 0 unspecified atom stereocenters. The van der Waals surface area contributed by atoms with Gasteiger partial charge in [-0.25, -0.2) is 13.6 Å². The zero-order valence-corrected chi connectivity index (χ0v) is 15.4. The fourth-order valence-corrected chi connectivity index (χ4v) is 2.57. The van der Waals surface area contributed by atoms with Crippen LogP contribution in [0.15, 0.2) is 65.7 Å². The van der Waals surface area contributed by atoms with Gasteiger partial charge in [-0.05, 0) is 53.6 Å². The van der Waals surface area contributed by atoms with E-state index < -0.39 is 17.6 Å². The van der Waals surface area contributed by atoms with Crippen molar-refractivity contribution in [3.05, 3.63) is 89.0 Å². The largest absolute Gasteiger partial charge is 0.493 e. The number of aliphatic imine (C=N–C) groups is 1. The molecule has 29 heavy (non-hydrogen) atoms. The zero-order chi connectivity index (χ0) is 20.8. The average molecular weight is 397 g/mol. The van der Waals surface area contributed by atoms with Gasteiger partial charge in [0, 0.05) is 12.3 Å². The number of rotatable bonds is 7. The van der Waals surface area contributed by atoms with E-state index in [9.17, 15) is 13.6 Å². The van der Waals surface area contributed by atoms with Crippen molar-refractivity contribution in [2.24, 2.45) is 4.99 Å². The molecule has 3 aromatic carbocycles. The highest BCUT2D eigenvalue weighted by molar-refractivity contribution is 5.87. The second kappa shape index (κ2) is 8.97. The Bertz CT molecular complexity index is 1070. The summed E-state index contributed by atoms with van der Waals surface area (Å²) in [5.74, 6) is -1.54. The van der Waals surface area contributed by atoms with Gasteiger partial charge in [-0.15, -0.1) is 0 Å². The summed E-state index contributed by atoms with van der Waals surface area (Å²) in [5.41, 5.74) is 1.52. The number of methoxy groups -OCH3 is 1. The molecular weight excluding hydrogens is 380 g/mol. The highest BCUT2D eigenvalue weighted by Gasteiger charge is 2.08. The lowest BCUT2D eigenvalue weighted by molar-refractivity contribution is 0.0696. The number of nitrogens with zero attached hydrogens (tertiary/aromatic N) is 1. The number of ether oxygens (including phenoxy) is 2. The molecule has 0 atom stereocenters. The monoisotopic (exact) mass is 397 g/mol. The van der Waals surface area contributed by atoms with Gasteiger partial charge in [-0.1, -0.05) is 12.1 Å². The number of halogens is 2. The first-order chi connectivity index (χ1) is 14.0. The lowest BCUT2D eigenvalue weighted by Gasteiger charge is -2.11. The first-order valence-corrected chi connectivity index (χ1v) is 8.58. The van der Waals surface area contributed by atoms with Gasteiger partial charge in [0.1, 0.15) is 12.4 Å². The van der Waals surface area contributed by atoms with Crippen LogP contribution in [0.4, 0.5) is 14.5 Å². The van der Waals surface area contributed by atoms with E-state index in [1.54, 1.807) is 30.3 Å². The van der Waals surface area contributed by atoms with Gasteiger partial charge in [0.2, 0.25) is 0 Å². The van der Waals surface area contributed by atoms with Crippen LogP contribution >= 0.6 is 0 Å². The predicted molar refractivity (Wildman–Crippen MR) is 104 cm³/mol. The van der Waals surface area contributed by atoms with Crippen molar-refractivity contribution in [1.82, 2.24) is 0 Å². The first-order valence-electron chi connectivity index (χ1n) is 8.58. The van der Waals surface area contributed by atoms with Crippen molar-refractivity contribution in [2.75, 3.05) is 7.11 Å². The van der Waals surface area contributed by atoms with Crippen LogP contribution in [-0.4, -0.2) is 24.4 Å². The minimum atomic E-state index is -1.01. The molecule has 0 aliphatic carbocycles. The van der Waals surface area contributed by atoms with Crippen molar-refractivity contribution < 1.29 is 28.2 Å². The van der Waals surface area contributed by atoms with Crippen LogP contribution in [0.5, 0.6) is 11.5 Å². The van der Waals surface area contributed by atoms with Crippen LogP contribution in [0.3, 0.4) is 0 Å². The van der Waals surface area contributed by atoms with E-state index in [0.29, 0.717) is 22.6 Å². The molecule has 5 nitrogen and oxygen atoms in total. The number of benzene rings is 3. The van der Waals surface area contributed by atoms with Gasteiger partial charge in [0.25, 0.3) is 0 Å². The van der Waals surface area contributed by atoms with Crippen LogP contribution in [0.1, 0.15) is 21.5 Å².